The lowest BCUT2D eigenvalue weighted by Gasteiger charge is -2.19. The summed E-state index contributed by atoms with van der Waals surface area (Å²) in [6.45, 7) is 2.82. The molecule has 1 saturated heterocycles. The van der Waals surface area contributed by atoms with E-state index in [9.17, 15) is 13.2 Å². The quantitative estimate of drug-likeness (QED) is 0.587. The first-order valence-electron chi connectivity index (χ1n) is 10.3. The molecule has 1 amide bonds. The highest BCUT2D eigenvalue weighted by atomic mass is 32.2. The molecular formula is C22H25N5O4S. The highest BCUT2D eigenvalue weighted by molar-refractivity contribution is 7.89. The lowest BCUT2D eigenvalue weighted by molar-refractivity contribution is 0.0939. The zero-order valence-electron chi connectivity index (χ0n) is 17.9. The van der Waals surface area contributed by atoms with Crippen LogP contribution in [0.15, 0.2) is 60.0 Å². The maximum atomic E-state index is 13.1. The van der Waals surface area contributed by atoms with Gasteiger partial charge in [0.2, 0.25) is 10.0 Å². The van der Waals surface area contributed by atoms with Crippen molar-refractivity contribution in [2.24, 2.45) is 0 Å². The molecule has 4 rings (SSSR count). The van der Waals surface area contributed by atoms with E-state index in [1.54, 1.807) is 17.1 Å². The van der Waals surface area contributed by atoms with Crippen molar-refractivity contribution in [1.29, 1.82) is 0 Å². The van der Waals surface area contributed by atoms with Gasteiger partial charge in [-0.2, -0.15) is 9.40 Å². The summed E-state index contributed by atoms with van der Waals surface area (Å²) in [6.07, 6.45) is 4.73. The number of methoxy groups -OCH3 is 1. The Morgan fingerprint density at radius 1 is 1.12 bits per heavy atom. The fourth-order valence-electron chi connectivity index (χ4n) is 3.71. The lowest BCUT2D eigenvalue weighted by atomic mass is 10.1. The van der Waals surface area contributed by atoms with Gasteiger partial charge < -0.3 is 10.1 Å². The first kappa shape index (κ1) is 22.0. The van der Waals surface area contributed by atoms with Crippen LogP contribution in [0, 0.1) is 0 Å². The van der Waals surface area contributed by atoms with E-state index in [0.29, 0.717) is 13.1 Å². The molecule has 2 aromatic carbocycles. The van der Waals surface area contributed by atoms with Crippen LogP contribution in [0.3, 0.4) is 0 Å². The summed E-state index contributed by atoms with van der Waals surface area (Å²) in [5.74, 6) is -0.136. The van der Waals surface area contributed by atoms with E-state index in [1.807, 2.05) is 31.2 Å². The highest BCUT2D eigenvalue weighted by Crippen LogP contribution is 2.30. The molecule has 1 unspecified atom stereocenters. The van der Waals surface area contributed by atoms with Crippen molar-refractivity contribution in [3.63, 3.8) is 0 Å². The maximum Gasteiger partial charge on any atom is 0.251 e. The van der Waals surface area contributed by atoms with Gasteiger partial charge in [0.15, 0.2) is 0 Å². The number of sulfonamides is 1. The number of hydrogen-bond acceptors (Lipinski definition) is 6. The predicted molar refractivity (Wildman–Crippen MR) is 118 cm³/mol. The van der Waals surface area contributed by atoms with E-state index >= 15 is 0 Å². The zero-order valence-corrected chi connectivity index (χ0v) is 18.7. The molecule has 10 heteroatoms. The first-order valence-corrected chi connectivity index (χ1v) is 11.8. The van der Waals surface area contributed by atoms with Crippen molar-refractivity contribution in [3.05, 3.63) is 66.2 Å². The van der Waals surface area contributed by atoms with E-state index in [4.69, 9.17) is 4.74 Å². The van der Waals surface area contributed by atoms with E-state index in [0.717, 1.165) is 24.1 Å². The summed E-state index contributed by atoms with van der Waals surface area (Å²) in [5, 5.41) is 7.02. The van der Waals surface area contributed by atoms with Crippen LogP contribution in [0.2, 0.25) is 0 Å². The van der Waals surface area contributed by atoms with Crippen LogP contribution in [0.5, 0.6) is 5.75 Å². The number of hydrogen-bond donors (Lipinski definition) is 1. The summed E-state index contributed by atoms with van der Waals surface area (Å²) in [6, 6.07) is 11.8. The first-order chi connectivity index (χ1) is 15.4. The molecule has 2 heterocycles. The summed E-state index contributed by atoms with van der Waals surface area (Å²) in [5.41, 5.74) is 2.02. The number of carbonyl (C=O) groups is 1. The van der Waals surface area contributed by atoms with E-state index in [1.165, 1.54) is 29.9 Å². The maximum absolute atomic E-state index is 13.1. The normalized spacial score (nSPS) is 15.4. The second-order valence-corrected chi connectivity index (χ2v) is 9.51. The minimum atomic E-state index is -3.73. The molecule has 9 nitrogen and oxygen atoms in total. The molecule has 168 valence electrons. The van der Waals surface area contributed by atoms with Gasteiger partial charge in [0.1, 0.15) is 23.3 Å². The Morgan fingerprint density at radius 2 is 1.84 bits per heavy atom. The van der Waals surface area contributed by atoms with Crippen molar-refractivity contribution < 1.29 is 17.9 Å². The van der Waals surface area contributed by atoms with Gasteiger partial charge >= 0.3 is 0 Å². The summed E-state index contributed by atoms with van der Waals surface area (Å²) in [4.78, 5) is 16.8. The van der Waals surface area contributed by atoms with Crippen molar-refractivity contribution in [3.8, 4) is 11.4 Å². The van der Waals surface area contributed by atoms with Crippen LogP contribution in [0.25, 0.3) is 5.69 Å². The second-order valence-electron chi connectivity index (χ2n) is 7.60. The van der Waals surface area contributed by atoms with E-state index < -0.39 is 10.0 Å². The van der Waals surface area contributed by atoms with Crippen LogP contribution >= 0.6 is 0 Å². The molecule has 0 saturated carbocycles. The molecule has 1 fully saturated rings. The van der Waals surface area contributed by atoms with Crippen LogP contribution in [-0.2, 0) is 10.0 Å². The minimum absolute atomic E-state index is 0.0133. The van der Waals surface area contributed by atoms with Crippen molar-refractivity contribution in [2.45, 2.75) is 30.7 Å². The van der Waals surface area contributed by atoms with E-state index in [2.05, 4.69) is 15.4 Å². The smallest absolute Gasteiger partial charge is 0.251 e. The number of rotatable bonds is 7. The fourth-order valence-corrected chi connectivity index (χ4v) is 5.41. The van der Waals surface area contributed by atoms with Crippen LogP contribution in [0.1, 0.15) is 41.7 Å². The molecule has 1 aromatic heterocycles. The standard InChI is InChI=1S/C22H25N5O4S/c1-16(17-5-8-19(9-6-17)27-15-23-14-24-27)25-22(28)18-7-10-20(31-2)21(13-18)32(29,30)26-11-3-4-12-26/h5-10,13-16H,3-4,11-12H2,1-2H3,(H,25,28). The number of ether oxygens (including phenoxy) is 1. The molecule has 1 atom stereocenters. The monoisotopic (exact) mass is 455 g/mol. The predicted octanol–water partition coefficient (Wildman–Crippen LogP) is 2.55. The minimum Gasteiger partial charge on any atom is -0.495 e. The topological polar surface area (TPSA) is 106 Å². The Labute approximate surface area is 187 Å². The SMILES string of the molecule is COc1ccc(C(=O)NC(C)c2ccc(-n3cncn3)cc2)cc1S(=O)(=O)N1CCCC1. The Hall–Kier alpha value is -3.24. The number of nitrogens with zero attached hydrogens (tertiary/aromatic N) is 4. The van der Waals surface area contributed by atoms with Gasteiger partial charge in [0, 0.05) is 18.7 Å². The molecule has 0 aliphatic carbocycles. The van der Waals surface area contributed by atoms with Gasteiger partial charge in [-0.25, -0.2) is 18.1 Å². The summed E-state index contributed by atoms with van der Waals surface area (Å²) < 4.78 is 34.5. The zero-order chi connectivity index (χ0) is 22.7. The molecule has 32 heavy (non-hydrogen) atoms. The Bertz CT molecular complexity index is 1190. The summed E-state index contributed by atoms with van der Waals surface area (Å²) >= 11 is 0. The molecule has 1 aliphatic rings. The third-order valence-electron chi connectivity index (χ3n) is 5.53. The van der Waals surface area contributed by atoms with Gasteiger partial charge in [-0.15, -0.1) is 0 Å². The van der Waals surface area contributed by atoms with Crippen molar-refractivity contribution in [1.82, 2.24) is 24.4 Å². The van der Waals surface area contributed by atoms with Gasteiger partial charge in [-0.05, 0) is 55.7 Å². The highest BCUT2D eigenvalue weighted by Gasteiger charge is 2.30. The molecule has 0 radical (unpaired) electrons. The van der Waals surface area contributed by atoms with Gasteiger partial charge in [-0.3, -0.25) is 4.79 Å². The lowest BCUT2D eigenvalue weighted by Crippen LogP contribution is -2.29. The fraction of sp³-hybridized carbons (Fsp3) is 0.318. The molecule has 1 aliphatic heterocycles. The van der Waals surface area contributed by atoms with Gasteiger partial charge in [0.05, 0.1) is 18.8 Å². The second kappa shape index (κ2) is 9.09. The van der Waals surface area contributed by atoms with Crippen LogP contribution < -0.4 is 10.1 Å². The van der Waals surface area contributed by atoms with Gasteiger partial charge in [0.25, 0.3) is 5.91 Å². The van der Waals surface area contributed by atoms with Crippen LogP contribution in [-0.4, -0.2) is 53.6 Å². The number of carbonyl (C=O) groups excluding carboxylic acids is 1. The van der Waals surface area contributed by atoms with Crippen molar-refractivity contribution >= 4 is 15.9 Å². The molecule has 0 bridgehead atoms. The molecule has 0 spiro atoms. The average Bonchev–Trinajstić information content (AvgIpc) is 3.53. The Kier molecular flexibility index (Phi) is 6.24. The van der Waals surface area contributed by atoms with Crippen molar-refractivity contribution in [2.75, 3.05) is 20.2 Å². The number of benzene rings is 2. The Balaban J connectivity index is 1.53. The third-order valence-corrected chi connectivity index (χ3v) is 7.45. The number of nitrogens with one attached hydrogen (secondary N) is 1. The van der Waals surface area contributed by atoms with E-state index in [-0.39, 0.29) is 28.2 Å². The Morgan fingerprint density at radius 3 is 2.47 bits per heavy atom. The molecule has 1 N–H and O–H groups in total. The average molecular weight is 456 g/mol. The number of amides is 1. The van der Waals surface area contributed by atoms with Crippen LogP contribution in [0.4, 0.5) is 0 Å². The number of aromatic nitrogens is 3. The third kappa shape index (κ3) is 4.37. The molecular weight excluding hydrogens is 430 g/mol. The van der Waals surface area contributed by atoms with Gasteiger partial charge in [-0.1, -0.05) is 12.1 Å². The largest absolute Gasteiger partial charge is 0.495 e. The summed E-state index contributed by atoms with van der Waals surface area (Å²) in [7, 11) is -2.31. The molecule has 3 aromatic rings.